The number of piperazine rings is 1. The van der Waals surface area contributed by atoms with Crippen molar-refractivity contribution >= 4 is 17.8 Å². The fourth-order valence-electron chi connectivity index (χ4n) is 2.76. The zero-order valence-electron chi connectivity index (χ0n) is 15.3. The van der Waals surface area contributed by atoms with Crippen LogP contribution in [0.2, 0.25) is 0 Å². The van der Waals surface area contributed by atoms with Gasteiger partial charge in [-0.2, -0.15) is 0 Å². The highest BCUT2D eigenvalue weighted by atomic mass is 19.1. The van der Waals surface area contributed by atoms with Gasteiger partial charge in [0.2, 0.25) is 11.8 Å². The second-order valence-electron chi connectivity index (χ2n) is 6.72. The zero-order valence-corrected chi connectivity index (χ0v) is 15.3. The molecule has 1 saturated heterocycles. The standard InChI is InChI=1S/C18H22FN5O3/c1-12(2)16-21-22-18(27-16)20-15(25)11-23-7-9-24(10-8-23)17(26)13-3-5-14(19)6-4-13/h3-6,12H,7-11H2,1-2H3,(H,20,22,25). The van der Waals surface area contributed by atoms with Crippen LogP contribution in [0.25, 0.3) is 0 Å². The minimum absolute atomic E-state index is 0.0915. The summed E-state index contributed by atoms with van der Waals surface area (Å²) in [6.45, 7) is 6.17. The van der Waals surface area contributed by atoms with E-state index in [2.05, 4.69) is 15.5 Å². The van der Waals surface area contributed by atoms with Crippen LogP contribution in [-0.4, -0.2) is 64.5 Å². The van der Waals surface area contributed by atoms with E-state index in [0.29, 0.717) is 37.6 Å². The Bertz CT molecular complexity index is 798. The maximum absolute atomic E-state index is 13.0. The molecule has 1 aliphatic rings. The Labute approximate surface area is 156 Å². The monoisotopic (exact) mass is 375 g/mol. The van der Waals surface area contributed by atoms with Crippen molar-refractivity contribution in [3.05, 3.63) is 41.5 Å². The van der Waals surface area contributed by atoms with Gasteiger partial charge in [-0.25, -0.2) is 4.39 Å². The van der Waals surface area contributed by atoms with Crippen molar-refractivity contribution in [2.24, 2.45) is 0 Å². The minimum atomic E-state index is -0.371. The Morgan fingerprint density at radius 2 is 1.81 bits per heavy atom. The minimum Gasteiger partial charge on any atom is -0.408 e. The number of rotatable bonds is 5. The van der Waals surface area contributed by atoms with Gasteiger partial charge in [0.05, 0.1) is 6.54 Å². The lowest BCUT2D eigenvalue weighted by molar-refractivity contribution is -0.117. The fourth-order valence-corrected chi connectivity index (χ4v) is 2.76. The summed E-state index contributed by atoms with van der Waals surface area (Å²) in [6.07, 6.45) is 0. The quantitative estimate of drug-likeness (QED) is 0.856. The van der Waals surface area contributed by atoms with E-state index in [0.717, 1.165) is 0 Å². The molecule has 0 unspecified atom stereocenters. The van der Waals surface area contributed by atoms with Gasteiger partial charge in [-0.15, -0.1) is 5.10 Å². The Balaban J connectivity index is 1.46. The molecule has 3 rings (SSSR count). The first kappa shape index (κ1) is 19.0. The third-order valence-corrected chi connectivity index (χ3v) is 4.30. The fraction of sp³-hybridized carbons (Fsp3) is 0.444. The van der Waals surface area contributed by atoms with Crippen LogP contribution in [0.1, 0.15) is 36.0 Å². The van der Waals surface area contributed by atoms with E-state index in [9.17, 15) is 14.0 Å². The normalized spacial score (nSPS) is 15.2. The Hall–Kier alpha value is -2.81. The van der Waals surface area contributed by atoms with Gasteiger partial charge in [-0.3, -0.25) is 19.8 Å². The summed E-state index contributed by atoms with van der Waals surface area (Å²) in [7, 11) is 0. The summed E-state index contributed by atoms with van der Waals surface area (Å²) in [5.41, 5.74) is 0.458. The lowest BCUT2D eigenvalue weighted by atomic mass is 10.2. The average molecular weight is 375 g/mol. The Kier molecular flexibility index (Phi) is 5.80. The van der Waals surface area contributed by atoms with E-state index in [-0.39, 0.29) is 36.1 Å². The van der Waals surface area contributed by atoms with Crippen LogP contribution < -0.4 is 5.32 Å². The molecule has 0 radical (unpaired) electrons. The number of nitrogens with zero attached hydrogens (tertiary/aromatic N) is 4. The number of halogens is 1. The largest absolute Gasteiger partial charge is 0.408 e. The molecule has 2 heterocycles. The van der Waals surface area contributed by atoms with Crippen molar-refractivity contribution in [3.63, 3.8) is 0 Å². The van der Waals surface area contributed by atoms with Crippen molar-refractivity contribution in [2.75, 3.05) is 38.0 Å². The van der Waals surface area contributed by atoms with Crippen molar-refractivity contribution in [1.82, 2.24) is 20.0 Å². The second-order valence-corrected chi connectivity index (χ2v) is 6.72. The molecule has 1 fully saturated rings. The Morgan fingerprint density at radius 3 is 2.41 bits per heavy atom. The number of amides is 2. The van der Waals surface area contributed by atoms with Gasteiger partial charge in [0.25, 0.3) is 5.91 Å². The summed E-state index contributed by atoms with van der Waals surface area (Å²) in [6, 6.07) is 5.60. The van der Waals surface area contributed by atoms with Crippen molar-refractivity contribution in [1.29, 1.82) is 0 Å². The smallest absolute Gasteiger partial charge is 0.322 e. The topological polar surface area (TPSA) is 91.6 Å². The van der Waals surface area contributed by atoms with E-state index < -0.39 is 0 Å². The first-order valence-corrected chi connectivity index (χ1v) is 8.83. The molecule has 27 heavy (non-hydrogen) atoms. The van der Waals surface area contributed by atoms with Gasteiger partial charge >= 0.3 is 6.01 Å². The van der Waals surface area contributed by atoms with Crippen LogP contribution in [0, 0.1) is 5.82 Å². The molecule has 0 bridgehead atoms. The number of hydrogen-bond acceptors (Lipinski definition) is 6. The molecule has 1 aliphatic heterocycles. The summed E-state index contributed by atoms with van der Waals surface area (Å²) >= 11 is 0. The molecule has 8 nitrogen and oxygen atoms in total. The number of nitrogens with one attached hydrogen (secondary N) is 1. The number of hydrogen-bond donors (Lipinski definition) is 1. The number of anilines is 1. The molecule has 9 heteroatoms. The van der Waals surface area contributed by atoms with Crippen molar-refractivity contribution in [2.45, 2.75) is 19.8 Å². The molecular weight excluding hydrogens is 353 g/mol. The zero-order chi connectivity index (χ0) is 19.4. The van der Waals surface area contributed by atoms with Crippen LogP contribution in [0.3, 0.4) is 0 Å². The molecule has 0 atom stereocenters. The molecule has 1 N–H and O–H groups in total. The molecule has 2 amide bonds. The molecular formula is C18H22FN5O3. The van der Waals surface area contributed by atoms with Crippen LogP contribution >= 0.6 is 0 Å². The van der Waals surface area contributed by atoms with E-state index >= 15 is 0 Å². The van der Waals surface area contributed by atoms with Crippen LogP contribution in [0.15, 0.2) is 28.7 Å². The van der Waals surface area contributed by atoms with Crippen molar-refractivity contribution in [3.8, 4) is 0 Å². The molecule has 144 valence electrons. The molecule has 2 aromatic rings. The molecule has 0 saturated carbocycles. The van der Waals surface area contributed by atoms with Gasteiger partial charge < -0.3 is 9.32 Å². The van der Waals surface area contributed by atoms with E-state index in [1.54, 1.807) is 4.90 Å². The van der Waals surface area contributed by atoms with E-state index in [1.807, 2.05) is 18.7 Å². The number of carbonyl (C=O) groups excluding carboxylic acids is 2. The lowest BCUT2D eigenvalue weighted by Crippen LogP contribution is -2.50. The molecule has 0 aliphatic carbocycles. The molecule has 1 aromatic carbocycles. The van der Waals surface area contributed by atoms with E-state index in [1.165, 1.54) is 24.3 Å². The summed E-state index contributed by atoms with van der Waals surface area (Å²) in [4.78, 5) is 28.2. The third kappa shape index (κ3) is 4.88. The number of benzene rings is 1. The lowest BCUT2D eigenvalue weighted by Gasteiger charge is -2.34. The summed E-state index contributed by atoms with van der Waals surface area (Å²) < 4.78 is 18.3. The average Bonchev–Trinajstić information content (AvgIpc) is 3.11. The van der Waals surface area contributed by atoms with Gasteiger partial charge in [0.15, 0.2) is 0 Å². The third-order valence-electron chi connectivity index (χ3n) is 4.30. The predicted molar refractivity (Wildman–Crippen MR) is 95.8 cm³/mol. The van der Waals surface area contributed by atoms with Crippen LogP contribution in [0.5, 0.6) is 0 Å². The maximum atomic E-state index is 13.0. The van der Waals surface area contributed by atoms with Gasteiger partial charge in [0, 0.05) is 37.7 Å². The molecule has 1 aromatic heterocycles. The SMILES string of the molecule is CC(C)c1nnc(NC(=O)CN2CCN(C(=O)c3ccc(F)cc3)CC2)o1. The second kappa shape index (κ2) is 8.26. The maximum Gasteiger partial charge on any atom is 0.322 e. The predicted octanol–water partition coefficient (Wildman–Crippen LogP) is 1.73. The van der Waals surface area contributed by atoms with Crippen LogP contribution in [-0.2, 0) is 4.79 Å². The highest BCUT2D eigenvalue weighted by Crippen LogP contribution is 2.15. The van der Waals surface area contributed by atoms with Crippen molar-refractivity contribution < 1.29 is 18.4 Å². The highest BCUT2D eigenvalue weighted by Gasteiger charge is 2.24. The van der Waals surface area contributed by atoms with Gasteiger partial charge in [-0.1, -0.05) is 18.9 Å². The molecule has 0 spiro atoms. The Morgan fingerprint density at radius 1 is 1.15 bits per heavy atom. The number of aromatic nitrogens is 2. The highest BCUT2D eigenvalue weighted by molar-refractivity contribution is 5.94. The first-order valence-electron chi connectivity index (χ1n) is 8.83. The summed E-state index contributed by atoms with van der Waals surface area (Å²) in [5.74, 6) is -0.185. The number of carbonyl (C=O) groups is 2. The van der Waals surface area contributed by atoms with E-state index in [4.69, 9.17) is 4.42 Å². The van der Waals surface area contributed by atoms with Gasteiger partial charge in [-0.05, 0) is 24.3 Å². The van der Waals surface area contributed by atoms with Gasteiger partial charge in [0.1, 0.15) is 5.82 Å². The van der Waals surface area contributed by atoms with Crippen LogP contribution in [0.4, 0.5) is 10.4 Å². The first-order chi connectivity index (χ1) is 12.9. The summed E-state index contributed by atoms with van der Waals surface area (Å²) in [5, 5.41) is 10.3.